The maximum absolute atomic E-state index is 12.7. The summed E-state index contributed by atoms with van der Waals surface area (Å²) in [6.45, 7) is 4.38. The third kappa shape index (κ3) is 3.61. The highest BCUT2D eigenvalue weighted by Crippen LogP contribution is 2.36. The summed E-state index contributed by atoms with van der Waals surface area (Å²) in [6.07, 6.45) is 3.63. The standard InChI is InChI=1S/C18H28N6O2/c19-14-9-13(10-14)15-11-16(22-18(20)21-15)23-3-1-12(2-4-23)17(25)24-5-7-26-8-6-24/h11-14H,1-10,19H2,(H2,20,21,22). The molecule has 8 nitrogen and oxygen atoms in total. The molecule has 0 radical (unpaired) electrons. The number of carbonyl (C=O) groups excluding carboxylic acids is 1. The van der Waals surface area contributed by atoms with Gasteiger partial charge in [0.05, 0.1) is 18.9 Å². The van der Waals surface area contributed by atoms with Crippen molar-refractivity contribution in [1.82, 2.24) is 14.9 Å². The van der Waals surface area contributed by atoms with Gasteiger partial charge in [-0.05, 0) is 25.7 Å². The number of hydrogen-bond donors (Lipinski definition) is 2. The first-order valence-electron chi connectivity index (χ1n) is 9.61. The SMILES string of the molecule is Nc1nc(C2CC(N)C2)cc(N2CCC(C(=O)N3CCOCC3)CC2)n1. The first-order valence-corrected chi connectivity index (χ1v) is 9.61. The maximum Gasteiger partial charge on any atom is 0.225 e. The molecule has 0 aromatic carbocycles. The third-order valence-electron chi connectivity index (χ3n) is 5.83. The molecule has 2 aliphatic heterocycles. The summed E-state index contributed by atoms with van der Waals surface area (Å²) >= 11 is 0. The van der Waals surface area contributed by atoms with Crippen LogP contribution in [-0.4, -0.2) is 66.2 Å². The van der Waals surface area contributed by atoms with E-state index in [1.807, 2.05) is 4.90 Å². The second-order valence-electron chi connectivity index (χ2n) is 7.64. The Morgan fingerprint density at radius 1 is 1.12 bits per heavy atom. The van der Waals surface area contributed by atoms with Crippen LogP contribution in [0.4, 0.5) is 11.8 Å². The second kappa shape index (κ2) is 7.36. The van der Waals surface area contributed by atoms with E-state index in [0.717, 1.165) is 50.3 Å². The van der Waals surface area contributed by atoms with Crippen LogP contribution in [0.2, 0.25) is 0 Å². The molecule has 0 spiro atoms. The summed E-state index contributed by atoms with van der Waals surface area (Å²) in [5.41, 5.74) is 12.8. The van der Waals surface area contributed by atoms with E-state index in [4.69, 9.17) is 16.2 Å². The van der Waals surface area contributed by atoms with Crippen LogP contribution in [0.5, 0.6) is 0 Å². The highest BCUT2D eigenvalue weighted by Gasteiger charge is 2.32. The Kier molecular flexibility index (Phi) is 4.95. The van der Waals surface area contributed by atoms with Gasteiger partial charge < -0.3 is 26.0 Å². The normalized spacial score (nSPS) is 27.3. The highest BCUT2D eigenvalue weighted by molar-refractivity contribution is 5.79. The molecule has 1 aromatic heterocycles. The second-order valence-corrected chi connectivity index (χ2v) is 7.64. The lowest BCUT2D eigenvalue weighted by Crippen LogP contribution is -2.47. The molecular weight excluding hydrogens is 332 g/mol. The van der Waals surface area contributed by atoms with Gasteiger partial charge in [0.1, 0.15) is 5.82 Å². The van der Waals surface area contributed by atoms with Crippen molar-refractivity contribution in [2.75, 3.05) is 50.0 Å². The number of morpholine rings is 1. The van der Waals surface area contributed by atoms with Gasteiger partial charge in [-0.2, -0.15) is 4.98 Å². The molecule has 26 heavy (non-hydrogen) atoms. The zero-order valence-electron chi connectivity index (χ0n) is 15.1. The molecule has 1 amide bonds. The number of carbonyl (C=O) groups is 1. The van der Waals surface area contributed by atoms with Gasteiger partial charge in [-0.25, -0.2) is 4.98 Å². The lowest BCUT2D eigenvalue weighted by Gasteiger charge is -2.36. The summed E-state index contributed by atoms with van der Waals surface area (Å²) in [5.74, 6) is 1.98. The van der Waals surface area contributed by atoms with Crippen LogP contribution < -0.4 is 16.4 Å². The van der Waals surface area contributed by atoms with Gasteiger partial charge in [-0.3, -0.25) is 4.79 Å². The van der Waals surface area contributed by atoms with Crippen LogP contribution >= 0.6 is 0 Å². The summed E-state index contributed by atoms with van der Waals surface area (Å²) in [4.78, 5) is 25.7. The van der Waals surface area contributed by atoms with Gasteiger partial charge in [0.25, 0.3) is 0 Å². The van der Waals surface area contributed by atoms with Gasteiger partial charge >= 0.3 is 0 Å². The summed E-state index contributed by atoms with van der Waals surface area (Å²) in [6, 6.07) is 2.33. The van der Waals surface area contributed by atoms with Gasteiger partial charge in [0.15, 0.2) is 0 Å². The van der Waals surface area contributed by atoms with E-state index in [1.54, 1.807) is 0 Å². The number of piperidine rings is 1. The van der Waals surface area contributed by atoms with Crippen LogP contribution in [0.3, 0.4) is 0 Å². The van der Waals surface area contributed by atoms with Crippen molar-refractivity contribution in [2.24, 2.45) is 11.7 Å². The fourth-order valence-corrected chi connectivity index (χ4v) is 4.14. The molecule has 2 saturated heterocycles. The lowest BCUT2D eigenvalue weighted by molar-refractivity contribution is -0.140. The Morgan fingerprint density at radius 2 is 1.81 bits per heavy atom. The zero-order chi connectivity index (χ0) is 18.1. The van der Waals surface area contributed by atoms with Crippen molar-refractivity contribution in [1.29, 1.82) is 0 Å². The Balaban J connectivity index is 1.37. The molecule has 1 saturated carbocycles. The number of rotatable bonds is 3. The quantitative estimate of drug-likeness (QED) is 0.799. The lowest BCUT2D eigenvalue weighted by atomic mass is 9.78. The number of anilines is 2. The number of amides is 1. The monoisotopic (exact) mass is 360 g/mol. The minimum atomic E-state index is 0.104. The Bertz CT molecular complexity index is 649. The largest absolute Gasteiger partial charge is 0.378 e. The fraction of sp³-hybridized carbons (Fsp3) is 0.722. The van der Waals surface area contributed by atoms with E-state index >= 15 is 0 Å². The first kappa shape index (κ1) is 17.5. The van der Waals surface area contributed by atoms with E-state index in [-0.39, 0.29) is 17.9 Å². The summed E-state index contributed by atoms with van der Waals surface area (Å²) in [5, 5.41) is 0. The molecular formula is C18H28N6O2. The molecule has 4 N–H and O–H groups in total. The third-order valence-corrected chi connectivity index (χ3v) is 5.83. The molecule has 142 valence electrons. The van der Waals surface area contributed by atoms with Crippen LogP contribution in [0, 0.1) is 5.92 Å². The number of aromatic nitrogens is 2. The van der Waals surface area contributed by atoms with Crippen molar-refractivity contribution in [2.45, 2.75) is 37.6 Å². The molecule has 4 rings (SSSR count). The molecule has 1 aromatic rings. The average molecular weight is 360 g/mol. The molecule has 1 aliphatic carbocycles. The van der Waals surface area contributed by atoms with Crippen molar-refractivity contribution >= 4 is 17.7 Å². The molecule has 3 aliphatic rings. The van der Waals surface area contributed by atoms with E-state index in [0.29, 0.717) is 38.2 Å². The Labute approximate surface area is 153 Å². The van der Waals surface area contributed by atoms with E-state index in [9.17, 15) is 4.79 Å². The molecule has 8 heteroatoms. The average Bonchev–Trinajstić information content (AvgIpc) is 2.65. The van der Waals surface area contributed by atoms with Crippen LogP contribution in [0.1, 0.15) is 37.3 Å². The van der Waals surface area contributed by atoms with Crippen molar-refractivity contribution in [3.05, 3.63) is 11.8 Å². The van der Waals surface area contributed by atoms with Crippen molar-refractivity contribution in [3.63, 3.8) is 0 Å². The van der Waals surface area contributed by atoms with E-state index in [2.05, 4.69) is 20.9 Å². The van der Waals surface area contributed by atoms with Gasteiger partial charge in [-0.1, -0.05) is 0 Å². The van der Waals surface area contributed by atoms with E-state index in [1.165, 1.54) is 0 Å². The highest BCUT2D eigenvalue weighted by atomic mass is 16.5. The molecule has 3 fully saturated rings. The first-order chi connectivity index (χ1) is 12.6. The number of nitrogens with two attached hydrogens (primary N) is 2. The van der Waals surface area contributed by atoms with Crippen LogP contribution in [0.25, 0.3) is 0 Å². The minimum absolute atomic E-state index is 0.104. The number of nitrogens with zero attached hydrogens (tertiary/aromatic N) is 4. The summed E-state index contributed by atoms with van der Waals surface area (Å²) < 4.78 is 5.34. The number of ether oxygens (including phenoxy) is 1. The number of hydrogen-bond acceptors (Lipinski definition) is 7. The smallest absolute Gasteiger partial charge is 0.225 e. The Morgan fingerprint density at radius 3 is 2.46 bits per heavy atom. The van der Waals surface area contributed by atoms with Gasteiger partial charge in [0, 0.05) is 50.1 Å². The van der Waals surface area contributed by atoms with Crippen LogP contribution in [0.15, 0.2) is 6.07 Å². The Hall–Kier alpha value is -1.93. The van der Waals surface area contributed by atoms with Crippen molar-refractivity contribution < 1.29 is 9.53 Å². The predicted molar refractivity (Wildman–Crippen MR) is 98.7 cm³/mol. The molecule has 0 unspecified atom stereocenters. The summed E-state index contributed by atoms with van der Waals surface area (Å²) in [7, 11) is 0. The topological polar surface area (TPSA) is 111 Å². The predicted octanol–water partition coefficient (Wildman–Crippen LogP) is 0.339. The fourth-order valence-electron chi connectivity index (χ4n) is 4.14. The minimum Gasteiger partial charge on any atom is -0.378 e. The number of nitrogen functional groups attached to an aromatic ring is 1. The maximum atomic E-state index is 12.7. The van der Waals surface area contributed by atoms with Crippen molar-refractivity contribution in [3.8, 4) is 0 Å². The van der Waals surface area contributed by atoms with Gasteiger partial charge in [0.2, 0.25) is 11.9 Å². The zero-order valence-corrected chi connectivity index (χ0v) is 15.1. The van der Waals surface area contributed by atoms with E-state index < -0.39 is 0 Å². The van der Waals surface area contributed by atoms with Gasteiger partial charge in [-0.15, -0.1) is 0 Å². The molecule has 0 atom stereocenters. The molecule has 0 bridgehead atoms. The molecule has 3 heterocycles. The van der Waals surface area contributed by atoms with Crippen LogP contribution in [-0.2, 0) is 9.53 Å².